The number of ether oxygens (including phenoxy) is 1. The fraction of sp³-hybridized carbons (Fsp3) is 0.357. The normalized spacial score (nSPS) is 24.5. The molecule has 2 aliphatic rings. The summed E-state index contributed by atoms with van der Waals surface area (Å²) in [6.07, 6.45) is -0.213. The van der Waals surface area contributed by atoms with Crippen molar-refractivity contribution in [3.63, 3.8) is 0 Å². The molecule has 1 aromatic carbocycles. The first-order valence-electron chi connectivity index (χ1n) is 6.51. The molecule has 0 aliphatic carbocycles. The monoisotopic (exact) mass is 353 g/mol. The van der Waals surface area contributed by atoms with E-state index >= 15 is 0 Å². The zero-order valence-electron chi connectivity index (χ0n) is 10.9. The van der Waals surface area contributed by atoms with E-state index in [1.165, 1.54) is 4.90 Å². The lowest BCUT2D eigenvalue weighted by Crippen LogP contribution is -2.37. The number of Topliss-reactive ketones (excluding diaryl/α,β-unsaturated/α-hetero) is 1. The van der Waals surface area contributed by atoms with Crippen LogP contribution in [0.25, 0.3) is 0 Å². The summed E-state index contributed by atoms with van der Waals surface area (Å²) in [7, 11) is 0. The Morgan fingerprint density at radius 1 is 1.38 bits per heavy atom. The second-order valence-electron chi connectivity index (χ2n) is 5.07. The minimum absolute atomic E-state index is 0.197. The number of carboxylic acids is 1. The van der Waals surface area contributed by atoms with Gasteiger partial charge in [0.05, 0.1) is 23.9 Å². The number of ketones is 1. The smallest absolute Gasteiger partial charge is 0.332 e. The van der Waals surface area contributed by atoms with Gasteiger partial charge < -0.3 is 14.7 Å². The van der Waals surface area contributed by atoms with Gasteiger partial charge in [-0.2, -0.15) is 0 Å². The van der Waals surface area contributed by atoms with E-state index in [-0.39, 0.29) is 12.6 Å². The lowest BCUT2D eigenvalue weighted by atomic mass is 10.1. The van der Waals surface area contributed by atoms with E-state index in [1.807, 2.05) is 0 Å². The van der Waals surface area contributed by atoms with Gasteiger partial charge in [-0.25, -0.2) is 4.79 Å². The highest BCUT2D eigenvalue weighted by Crippen LogP contribution is 2.33. The van der Waals surface area contributed by atoms with Gasteiger partial charge in [0, 0.05) is 4.47 Å². The van der Waals surface area contributed by atoms with Crippen molar-refractivity contribution in [1.29, 1.82) is 0 Å². The van der Waals surface area contributed by atoms with E-state index in [1.54, 1.807) is 18.2 Å². The maximum absolute atomic E-state index is 12.1. The van der Waals surface area contributed by atoms with Crippen molar-refractivity contribution < 1.29 is 24.2 Å². The Hall–Kier alpha value is -1.73. The number of carboxylic acid groups (broad SMARTS) is 1. The third kappa shape index (κ3) is 2.47. The van der Waals surface area contributed by atoms with Gasteiger partial charge in [0.1, 0.15) is 0 Å². The van der Waals surface area contributed by atoms with Crippen LogP contribution in [0.15, 0.2) is 22.7 Å². The molecule has 1 saturated heterocycles. The molecule has 2 aliphatic heterocycles. The highest BCUT2D eigenvalue weighted by atomic mass is 79.9. The molecule has 0 saturated carbocycles. The molecule has 0 spiro atoms. The number of halogens is 1. The summed E-state index contributed by atoms with van der Waals surface area (Å²) in [4.78, 5) is 36.3. The SMILES string of the molecule is O=C1C(=O)N(CC2CCC(C(=O)O)O2)c2ccc(Br)cc21. The summed E-state index contributed by atoms with van der Waals surface area (Å²) in [5.74, 6) is -2.13. The molecule has 2 unspecified atom stereocenters. The maximum Gasteiger partial charge on any atom is 0.332 e. The zero-order chi connectivity index (χ0) is 15.1. The average Bonchev–Trinajstić information content (AvgIpc) is 2.99. The van der Waals surface area contributed by atoms with Gasteiger partial charge in [0.2, 0.25) is 0 Å². The first-order valence-corrected chi connectivity index (χ1v) is 7.30. The van der Waals surface area contributed by atoms with Crippen LogP contribution < -0.4 is 4.90 Å². The largest absolute Gasteiger partial charge is 0.479 e. The molecule has 2 atom stereocenters. The number of anilines is 1. The highest BCUT2D eigenvalue weighted by molar-refractivity contribution is 9.10. The number of carbonyl (C=O) groups is 3. The van der Waals surface area contributed by atoms with Crippen LogP contribution in [0.2, 0.25) is 0 Å². The second kappa shape index (κ2) is 5.23. The molecule has 1 fully saturated rings. The topological polar surface area (TPSA) is 83.9 Å². The zero-order valence-corrected chi connectivity index (χ0v) is 12.5. The van der Waals surface area contributed by atoms with Crippen LogP contribution in [0.5, 0.6) is 0 Å². The summed E-state index contributed by atoms with van der Waals surface area (Å²) in [6, 6.07) is 5.07. The number of rotatable bonds is 3. The number of fused-ring (bicyclic) bond motifs is 1. The average molecular weight is 354 g/mol. The number of nitrogens with zero attached hydrogens (tertiary/aromatic N) is 1. The summed E-state index contributed by atoms with van der Waals surface area (Å²) in [6.45, 7) is 0.197. The molecule has 0 radical (unpaired) electrons. The van der Waals surface area contributed by atoms with Crippen molar-refractivity contribution >= 4 is 39.3 Å². The Labute approximate surface area is 128 Å². The third-order valence-electron chi connectivity index (χ3n) is 3.70. The van der Waals surface area contributed by atoms with Crippen LogP contribution >= 0.6 is 15.9 Å². The van der Waals surface area contributed by atoms with E-state index in [9.17, 15) is 14.4 Å². The predicted octanol–water partition coefficient (Wildman–Crippen LogP) is 1.61. The standard InChI is InChI=1S/C14H12BrNO5/c15-7-1-3-10-9(5-7)12(17)13(18)16(10)6-8-2-4-11(21-8)14(19)20/h1,3,5,8,11H,2,4,6H2,(H,19,20). The number of hydrogen-bond acceptors (Lipinski definition) is 4. The number of carbonyl (C=O) groups excluding carboxylic acids is 2. The predicted molar refractivity (Wildman–Crippen MR) is 76.4 cm³/mol. The van der Waals surface area contributed by atoms with E-state index in [0.717, 1.165) is 4.47 Å². The molecular weight excluding hydrogens is 342 g/mol. The van der Waals surface area contributed by atoms with Crippen LogP contribution in [-0.4, -0.2) is 41.5 Å². The Kier molecular flexibility index (Phi) is 3.54. The summed E-state index contributed by atoms with van der Waals surface area (Å²) in [5.41, 5.74) is 0.915. The molecule has 2 heterocycles. The second-order valence-corrected chi connectivity index (χ2v) is 5.98. The van der Waals surface area contributed by atoms with Crippen LogP contribution in [-0.2, 0) is 14.3 Å². The highest BCUT2D eigenvalue weighted by Gasteiger charge is 2.39. The molecular formula is C14H12BrNO5. The van der Waals surface area contributed by atoms with Crippen LogP contribution in [0, 0.1) is 0 Å². The van der Waals surface area contributed by atoms with E-state index in [4.69, 9.17) is 9.84 Å². The van der Waals surface area contributed by atoms with Gasteiger partial charge in [-0.15, -0.1) is 0 Å². The quantitative estimate of drug-likeness (QED) is 0.834. The summed E-state index contributed by atoms with van der Waals surface area (Å²) in [5, 5.41) is 8.91. The molecule has 110 valence electrons. The number of amides is 1. The van der Waals surface area contributed by atoms with Gasteiger partial charge >= 0.3 is 5.97 Å². The number of benzene rings is 1. The van der Waals surface area contributed by atoms with Crippen molar-refractivity contribution in [3.05, 3.63) is 28.2 Å². The van der Waals surface area contributed by atoms with Crippen molar-refractivity contribution in [2.45, 2.75) is 25.0 Å². The minimum atomic E-state index is -0.995. The van der Waals surface area contributed by atoms with Crippen molar-refractivity contribution in [2.75, 3.05) is 11.4 Å². The van der Waals surface area contributed by atoms with E-state index in [2.05, 4.69) is 15.9 Å². The lowest BCUT2D eigenvalue weighted by Gasteiger charge is -2.20. The number of hydrogen-bond donors (Lipinski definition) is 1. The molecule has 7 heteroatoms. The molecule has 3 rings (SSSR count). The van der Waals surface area contributed by atoms with Gasteiger partial charge in [-0.3, -0.25) is 9.59 Å². The Morgan fingerprint density at radius 3 is 2.81 bits per heavy atom. The molecule has 1 amide bonds. The minimum Gasteiger partial charge on any atom is -0.479 e. The Balaban J connectivity index is 1.80. The first-order chi connectivity index (χ1) is 9.97. The van der Waals surface area contributed by atoms with Crippen molar-refractivity contribution in [2.24, 2.45) is 0 Å². The summed E-state index contributed by atoms with van der Waals surface area (Å²) >= 11 is 3.27. The van der Waals surface area contributed by atoms with E-state index < -0.39 is 23.8 Å². The van der Waals surface area contributed by atoms with Crippen LogP contribution in [0.1, 0.15) is 23.2 Å². The molecule has 0 bridgehead atoms. The maximum atomic E-state index is 12.1. The molecule has 21 heavy (non-hydrogen) atoms. The third-order valence-corrected chi connectivity index (χ3v) is 4.20. The molecule has 6 nitrogen and oxygen atoms in total. The van der Waals surface area contributed by atoms with Gasteiger partial charge in [0.25, 0.3) is 11.7 Å². The number of aliphatic carboxylic acids is 1. The van der Waals surface area contributed by atoms with Crippen LogP contribution in [0.4, 0.5) is 5.69 Å². The van der Waals surface area contributed by atoms with Crippen molar-refractivity contribution in [1.82, 2.24) is 0 Å². The fourth-order valence-electron chi connectivity index (χ4n) is 2.68. The Morgan fingerprint density at radius 2 is 2.14 bits per heavy atom. The molecule has 1 N–H and O–H groups in total. The van der Waals surface area contributed by atoms with Gasteiger partial charge in [-0.1, -0.05) is 15.9 Å². The first kappa shape index (κ1) is 14.2. The Bertz CT molecular complexity index is 644. The van der Waals surface area contributed by atoms with Crippen molar-refractivity contribution in [3.8, 4) is 0 Å². The van der Waals surface area contributed by atoms with Crippen LogP contribution in [0.3, 0.4) is 0 Å². The lowest BCUT2D eigenvalue weighted by molar-refractivity contribution is -0.149. The van der Waals surface area contributed by atoms with E-state index in [0.29, 0.717) is 24.1 Å². The van der Waals surface area contributed by atoms with Gasteiger partial charge in [0.15, 0.2) is 6.10 Å². The summed E-state index contributed by atoms with van der Waals surface area (Å²) < 4.78 is 6.12. The molecule has 0 aromatic heterocycles. The fourth-order valence-corrected chi connectivity index (χ4v) is 3.04. The van der Waals surface area contributed by atoms with Gasteiger partial charge in [-0.05, 0) is 31.0 Å². The molecule has 1 aromatic rings.